The number of aromatic hydroxyl groups is 1. The van der Waals surface area contributed by atoms with E-state index < -0.39 is 0 Å². The lowest BCUT2D eigenvalue weighted by molar-refractivity contribution is -0.123. The molecule has 0 aliphatic heterocycles. The Bertz CT molecular complexity index is 778. The Morgan fingerprint density at radius 1 is 1.36 bits per heavy atom. The van der Waals surface area contributed by atoms with Gasteiger partial charge in [0.05, 0.1) is 17.8 Å². The van der Waals surface area contributed by atoms with Crippen LogP contribution < -0.4 is 14.9 Å². The van der Waals surface area contributed by atoms with Gasteiger partial charge in [-0.1, -0.05) is 19.1 Å². The molecule has 0 heterocycles. The van der Waals surface area contributed by atoms with E-state index in [1.165, 1.54) is 13.3 Å². The van der Waals surface area contributed by atoms with E-state index in [1.807, 2.05) is 18.2 Å². The summed E-state index contributed by atoms with van der Waals surface area (Å²) in [6.07, 6.45) is 2.35. The number of phenols is 1. The summed E-state index contributed by atoms with van der Waals surface area (Å²) in [6.45, 7) is 1.92. The second kappa shape index (κ2) is 9.08. The molecule has 6 nitrogen and oxygen atoms in total. The summed E-state index contributed by atoms with van der Waals surface area (Å²) in [4.78, 5) is 11.8. The van der Waals surface area contributed by atoms with Crippen molar-refractivity contribution in [1.82, 2.24) is 5.43 Å². The van der Waals surface area contributed by atoms with Gasteiger partial charge in [0.2, 0.25) is 0 Å². The second-order valence-corrected chi connectivity index (χ2v) is 5.99. The number of nitrogens with zero attached hydrogens (tertiary/aromatic N) is 1. The Morgan fingerprint density at radius 3 is 2.88 bits per heavy atom. The molecule has 0 unspecified atom stereocenters. The highest BCUT2D eigenvalue weighted by Gasteiger charge is 2.07. The molecule has 2 aromatic carbocycles. The number of phenolic OH excluding ortho intramolecular Hbond substituents is 1. The minimum Gasteiger partial charge on any atom is -0.503 e. The maximum atomic E-state index is 11.8. The molecular weight excluding hydrogens is 388 g/mol. The monoisotopic (exact) mass is 406 g/mol. The number of halogens is 1. The number of aryl methyl sites for hydroxylation is 1. The number of carbonyl (C=O) groups is 1. The topological polar surface area (TPSA) is 80.2 Å². The van der Waals surface area contributed by atoms with Gasteiger partial charge in [-0.25, -0.2) is 5.43 Å². The van der Waals surface area contributed by atoms with E-state index in [9.17, 15) is 9.90 Å². The number of amides is 1. The summed E-state index contributed by atoms with van der Waals surface area (Å²) < 4.78 is 11.0. The van der Waals surface area contributed by atoms with E-state index in [1.54, 1.807) is 18.2 Å². The predicted octanol–water partition coefficient (Wildman–Crippen LogP) is 3.25. The molecule has 0 aromatic heterocycles. The van der Waals surface area contributed by atoms with Gasteiger partial charge in [0.15, 0.2) is 18.1 Å². The zero-order valence-electron chi connectivity index (χ0n) is 14.0. The number of carbonyl (C=O) groups excluding carboxylic acids is 1. The zero-order valence-corrected chi connectivity index (χ0v) is 15.5. The van der Waals surface area contributed by atoms with Gasteiger partial charge in [-0.15, -0.1) is 0 Å². The molecule has 2 aromatic rings. The lowest BCUT2D eigenvalue weighted by Gasteiger charge is -2.07. The van der Waals surface area contributed by atoms with Crippen LogP contribution in [0, 0.1) is 0 Å². The number of hydrazone groups is 1. The first-order valence-electron chi connectivity index (χ1n) is 7.63. The maximum Gasteiger partial charge on any atom is 0.277 e. The van der Waals surface area contributed by atoms with Crippen LogP contribution in [0.15, 0.2) is 46.0 Å². The third-order valence-corrected chi connectivity index (χ3v) is 3.95. The molecule has 0 aliphatic rings. The smallest absolute Gasteiger partial charge is 0.277 e. The molecule has 2 N–H and O–H groups in total. The Balaban J connectivity index is 1.89. The van der Waals surface area contributed by atoms with Gasteiger partial charge in [-0.3, -0.25) is 4.79 Å². The number of nitrogens with one attached hydrogen (secondary N) is 1. The Hall–Kier alpha value is -2.54. The number of hydrogen-bond donors (Lipinski definition) is 2. The van der Waals surface area contributed by atoms with Crippen molar-refractivity contribution in [3.63, 3.8) is 0 Å². The molecule has 0 aliphatic carbocycles. The molecule has 0 radical (unpaired) electrons. The fraction of sp³-hybridized carbons (Fsp3) is 0.222. The summed E-state index contributed by atoms with van der Waals surface area (Å²) >= 11 is 3.22. The van der Waals surface area contributed by atoms with Crippen LogP contribution in [0.5, 0.6) is 17.2 Å². The first-order valence-corrected chi connectivity index (χ1v) is 8.43. The Labute approximate surface area is 154 Å². The van der Waals surface area contributed by atoms with Crippen LogP contribution in [0.4, 0.5) is 0 Å². The molecule has 25 heavy (non-hydrogen) atoms. The second-order valence-electron chi connectivity index (χ2n) is 5.14. The zero-order chi connectivity index (χ0) is 18.2. The summed E-state index contributed by atoms with van der Waals surface area (Å²) in [7, 11) is 1.45. The number of benzene rings is 2. The van der Waals surface area contributed by atoms with E-state index in [-0.39, 0.29) is 18.3 Å². The molecule has 0 bridgehead atoms. The maximum absolute atomic E-state index is 11.8. The number of methoxy groups -OCH3 is 1. The summed E-state index contributed by atoms with van der Waals surface area (Å²) in [5.41, 5.74) is 4.18. The van der Waals surface area contributed by atoms with Crippen LogP contribution in [0.1, 0.15) is 18.1 Å². The quantitative estimate of drug-likeness (QED) is 0.546. The standard InChI is InChI=1S/C18H19BrN2O4/c1-3-12-5-4-6-14(7-12)25-11-17(22)21-20-10-13-8-15(19)18(23)16(9-13)24-2/h4-10,23H,3,11H2,1-2H3,(H,21,22)/b20-10+. The summed E-state index contributed by atoms with van der Waals surface area (Å²) in [6, 6.07) is 10.8. The van der Waals surface area contributed by atoms with Gasteiger partial charge in [-0.05, 0) is 57.7 Å². The Morgan fingerprint density at radius 2 is 2.16 bits per heavy atom. The molecule has 0 saturated heterocycles. The van der Waals surface area contributed by atoms with Gasteiger partial charge in [0.25, 0.3) is 5.91 Å². The van der Waals surface area contributed by atoms with E-state index in [2.05, 4.69) is 33.4 Å². The van der Waals surface area contributed by atoms with E-state index in [4.69, 9.17) is 9.47 Å². The van der Waals surface area contributed by atoms with E-state index >= 15 is 0 Å². The van der Waals surface area contributed by atoms with Crippen molar-refractivity contribution in [1.29, 1.82) is 0 Å². The molecule has 1 amide bonds. The van der Waals surface area contributed by atoms with Crippen molar-refractivity contribution < 1.29 is 19.4 Å². The van der Waals surface area contributed by atoms with Crippen LogP contribution in [-0.2, 0) is 11.2 Å². The predicted molar refractivity (Wildman–Crippen MR) is 99.4 cm³/mol. The molecule has 7 heteroatoms. The minimum absolute atomic E-state index is 0.00592. The van der Waals surface area contributed by atoms with Gasteiger partial charge < -0.3 is 14.6 Å². The lowest BCUT2D eigenvalue weighted by Crippen LogP contribution is -2.24. The Kier molecular flexibility index (Phi) is 6.82. The average Bonchev–Trinajstić information content (AvgIpc) is 2.63. The van der Waals surface area contributed by atoms with Crippen molar-refractivity contribution >= 4 is 28.1 Å². The molecule has 0 saturated carbocycles. The molecule has 0 fully saturated rings. The van der Waals surface area contributed by atoms with Crippen LogP contribution in [0.25, 0.3) is 0 Å². The first-order chi connectivity index (χ1) is 12.0. The summed E-state index contributed by atoms with van der Waals surface area (Å²) in [5, 5.41) is 13.6. The van der Waals surface area contributed by atoms with Crippen molar-refractivity contribution in [3.05, 3.63) is 52.0 Å². The molecule has 0 atom stereocenters. The summed E-state index contributed by atoms with van der Waals surface area (Å²) in [5.74, 6) is 0.585. The van der Waals surface area contributed by atoms with Gasteiger partial charge >= 0.3 is 0 Å². The highest BCUT2D eigenvalue weighted by molar-refractivity contribution is 9.10. The van der Waals surface area contributed by atoms with Crippen molar-refractivity contribution in [2.24, 2.45) is 5.10 Å². The van der Waals surface area contributed by atoms with Gasteiger partial charge in [0, 0.05) is 0 Å². The SMILES string of the molecule is CCc1cccc(OCC(=O)N/N=C/c2cc(Br)c(O)c(OC)c2)c1. The van der Waals surface area contributed by atoms with E-state index in [0.29, 0.717) is 21.5 Å². The molecule has 2 rings (SSSR count). The molecule has 132 valence electrons. The van der Waals surface area contributed by atoms with Gasteiger partial charge in [0.1, 0.15) is 5.75 Å². The lowest BCUT2D eigenvalue weighted by atomic mass is 10.2. The van der Waals surface area contributed by atoms with Crippen molar-refractivity contribution in [2.75, 3.05) is 13.7 Å². The first kappa shape index (κ1) is 18.8. The van der Waals surface area contributed by atoms with Crippen molar-refractivity contribution in [2.45, 2.75) is 13.3 Å². The number of ether oxygens (including phenoxy) is 2. The number of hydrogen-bond acceptors (Lipinski definition) is 5. The van der Waals surface area contributed by atoms with Crippen molar-refractivity contribution in [3.8, 4) is 17.2 Å². The largest absolute Gasteiger partial charge is 0.503 e. The normalized spacial score (nSPS) is 10.7. The van der Waals surface area contributed by atoms with Gasteiger partial charge in [-0.2, -0.15) is 5.10 Å². The fourth-order valence-electron chi connectivity index (χ4n) is 2.04. The minimum atomic E-state index is -0.372. The third-order valence-electron chi connectivity index (χ3n) is 3.35. The fourth-order valence-corrected chi connectivity index (χ4v) is 2.50. The molecular formula is C18H19BrN2O4. The van der Waals surface area contributed by atoms with Crippen LogP contribution >= 0.6 is 15.9 Å². The average molecular weight is 407 g/mol. The van der Waals surface area contributed by atoms with Crippen LogP contribution in [0.2, 0.25) is 0 Å². The van der Waals surface area contributed by atoms with E-state index in [0.717, 1.165) is 12.0 Å². The molecule has 0 spiro atoms. The van der Waals surface area contributed by atoms with Crippen LogP contribution in [0.3, 0.4) is 0 Å². The number of rotatable bonds is 7. The third kappa shape index (κ3) is 5.49. The van der Waals surface area contributed by atoms with Crippen LogP contribution in [-0.4, -0.2) is 30.9 Å². The highest BCUT2D eigenvalue weighted by atomic mass is 79.9. The highest BCUT2D eigenvalue weighted by Crippen LogP contribution is 2.34.